The number of hydrogen-bond donors (Lipinski definition) is 1. The molecule has 2 rings (SSSR count). The van der Waals surface area contributed by atoms with Gasteiger partial charge in [0.1, 0.15) is 5.75 Å². The molecule has 1 aromatic carbocycles. The number of nitrogens with zero attached hydrogens (tertiary/aromatic N) is 2. The van der Waals surface area contributed by atoms with E-state index in [1.807, 2.05) is 19.1 Å². The van der Waals surface area contributed by atoms with Crippen LogP contribution in [0, 0.1) is 0 Å². The molecular weight excluding hydrogens is 354 g/mol. The van der Waals surface area contributed by atoms with Crippen LogP contribution in [0.3, 0.4) is 0 Å². The standard InChI is InChI=1S/C15H18ClN3O2S2/c1-3-9-22-15-19-18-14(23-15)17-13(20)11(4-2)21-12-8-6-5-7-10(12)16/h5-8,11H,3-4,9H2,1-2H3,(H,17,18,20)/t11-/m1/s1. The smallest absolute Gasteiger partial charge is 0.267 e. The van der Waals surface area contributed by atoms with E-state index in [9.17, 15) is 4.79 Å². The summed E-state index contributed by atoms with van der Waals surface area (Å²) in [5.41, 5.74) is 0. The van der Waals surface area contributed by atoms with Gasteiger partial charge in [0.15, 0.2) is 10.4 Å². The van der Waals surface area contributed by atoms with Gasteiger partial charge in [-0.3, -0.25) is 10.1 Å². The van der Waals surface area contributed by atoms with Crippen molar-refractivity contribution in [1.29, 1.82) is 0 Å². The molecule has 1 amide bonds. The third-order valence-corrected chi connectivity index (χ3v) is 5.33. The molecule has 124 valence electrons. The number of rotatable bonds is 8. The average Bonchev–Trinajstić information content (AvgIpc) is 2.99. The minimum atomic E-state index is -0.634. The van der Waals surface area contributed by atoms with E-state index in [4.69, 9.17) is 16.3 Å². The fraction of sp³-hybridized carbons (Fsp3) is 0.400. The maximum atomic E-state index is 12.3. The van der Waals surface area contributed by atoms with Crippen molar-refractivity contribution in [2.24, 2.45) is 0 Å². The lowest BCUT2D eigenvalue weighted by atomic mass is 10.2. The highest BCUT2D eigenvalue weighted by Crippen LogP contribution is 2.27. The van der Waals surface area contributed by atoms with Crippen LogP contribution in [0.4, 0.5) is 5.13 Å². The quantitative estimate of drug-likeness (QED) is 0.547. The highest BCUT2D eigenvalue weighted by Gasteiger charge is 2.21. The maximum Gasteiger partial charge on any atom is 0.267 e. The van der Waals surface area contributed by atoms with E-state index >= 15 is 0 Å². The number of carbonyl (C=O) groups excluding carboxylic acids is 1. The van der Waals surface area contributed by atoms with Crippen molar-refractivity contribution in [2.75, 3.05) is 11.1 Å². The largest absolute Gasteiger partial charge is 0.479 e. The van der Waals surface area contributed by atoms with Gasteiger partial charge in [0.25, 0.3) is 5.91 Å². The first kappa shape index (κ1) is 18.0. The van der Waals surface area contributed by atoms with Crippen molar-refractivity contribution >= 4 is 45.7 Å². The molecule has 8 heteroatoms. The summed E-state index contributed by atoms with van der Waals surface area (Å²) in [6.07, 6.45) is 0.952. The molecule has 0 saturated carbocycles. The van der Waals surface area contributed by atoms with Crippen LogP contribution in [0.1, 0.15) is 26.7 Å². The molecule has 1 aromatic heterocycles. The van der Waals surface area contributed by atoms with E-state index < -0.39 is 6.10 Å². The molecule has 1 atom stereocenters. The molecule has 0 fully saturated rings. The van der Waals surface area contributed by atoms with Crippen LogP contribution < -0.4 is 10.1 Å². The van der Waals surface area contributed by atoms with Gasteiger partial charge < -0.3 is 4.74 Å². The summed E-state index contributed by atoms with van der Waals surface area (Å²) in [5.74, 6) is 1.22. The predicted octanol–water partition coefficient (Wildman–Crippen LogP) is 4.49. The van der Waals surface area contributed by atoms with Crippen molar-refractivity contribution in [1.82, 2.24) is 10.2 Å². The second kappa shape index (κ2) is 9.10. The molecule has 0 aliphatic heterocycles. The monoisotopic (exact) mass is 371 g/mol. The number of nitrogens with one attached hydrogen (secondary N) is 1. The Morgan fingerprint density at radius 1 is 1.39 bits per heavy atom. The Morgan fingerprint density at radius 3 is 2.87 bits per heavy atom. The average molecular weight is 372 g/mol. The lowest BCUT2D eigenvalue weighted by Gasteiger charge is -2.17. The minimum absolute atomic E-state index is 0.254. The number of thioether (sulfide) groups is 1. The Morgan fingerprint density at radius 2 is 2.17 bits per heavy atom. The SMILES string of the molecule is CCCSc1nnc(NC(=O)[C@@H](CC)Oc2ccccc2Cl)s1. The van der Waals surface area contributed by atoms with Gasteiger partial charge >= 0.3 is 0 Å². The minimum Gasteiger partial charge on any atom is -0.479 e. The lowest BCUT2D eigenvalue weighted by Crippen LogP contribution is -2.32. The fourth-order valence-electron chi connectivity index (χ4n) is 1.71. The lowest BCUT2D eigenvalue weighted by molar-refractivity contribution is -0.122. The van der Waals surface area contributed by atoms with E-state index in [2.05, 4.69) is 22.4 Å². The van der Waals surface area contributed by atoms with E-state index in [-0.39, 0.29) is 5.91 Å². The molecule has 5 nitrogen and oxygen atoms in total. The third kappa shape index (κ3) is 5.37. The van der Waals surface area contributed by atoms with Gasteiger partial charge in [-0.1, -0.05) is 60.7 Å². The zero-order valence-electron chi connectivity index (χ0n) is 12.9. The van der Waals surface area contributed by atoms with Crippen LogP contribution in [0.5, 0.6) is 5.75 Å². The Labute approximate surface area is 148 Å². The normalized spacial score (nSPS) is 12.0. The summed E-state index contributed by atoms with van der Waals surface area (Å²) in [7, 11) is 0. The van der Waals surface area contributed by atoms with Crippen LogP contribution in [-0.2, 0) is 4.79 Å². The number of amides is 1. The van der Waals surface area contributed by atoms with E-state index in [0.29, 0.717) is 22.3 Å². The Hall–Kier alpha value is -1.31. The summed E-state index contributed by atoms with van der Waals surface area (Å²) in [5, 5.41) is 11.7. The van der Waals surface area contributed by atoms with Gasteiger partial charge in [0, 0.05) is 5.75 Å². The molecule has 0 unspecified atom stereocenters. The molecule has 0 saturated heterocycles. The zero-order chi connectivity index (χ0) is 16.7. The molecule has 0 bridgehead atoms. The van der Waals surface area contributed by atoms with E-state index in [0.717, 1.165) is 16.5 Å². The molecule has 0 aliphatic rings. The highest BCUT2D eigenvalue weighted by molar-refractivity contribution is 8.01. The van der Waals surface area contributed by atoms with Crippen molar-refractivity contribution in [3.8, 4) is 5.75 Å². The van der Waals surface area contributed by atoms with Crippen LogP contribution in [0.25, 0.3) is 0 Å². The van der Waals surface area contributed by atoms with Crippen LogP contribution in [0.2, 0.25) is 5.02 Å². The summed E-state index contributed by atoms with van der Waals surface area (Å²) >= 11 is 9.06. The first-order valence-electron chi connectivity index (χ1n) is 7.32. The van der Waals surface area contributed by atoms with E-state index in [1.165, 1.54) is 11.3 Å². The predicted molar refractivity (Wildman–Crippen MR) is 95.7 cm³/mol. The number of para-hydroxylation sites is 1. The number of carbonyl (C=O) groups is 1. The number of benzene rings is 1. The van der Waals surface area contributed by atoms with Gasteiger partial charge in [-0.15, -0.1) is 10.2 Å². The van der Waals surface area contributed by atoms with Gasteiger partial charge in [0.2, 0.25) is 5.13 Å². The van der Waals surface area contributed by atoms with Crippen molar-refractivity contribution in [2.45, 2.75) is 37.1 Å². The number of hydrogen-bond acceptors (Lipinski definition) is 6. The van der Waals surface area contributed by atoms with Crippen LogP contribution in [0.15, 0.2) is 28.6 Å². The zero-order valence-corrected chi connectivity index (χ0v) is 15.3. The Balaban J connectivity index is 1.97. The van der Waals surface area contributed by atoms with Gasteiger partial charge in [0.05, 0.1) is 5.02 Å². The highest BCUT2D eigenvalue weighted by atomic mass is 35.5. The molecule has 0 radical (unpaired) electrons. The fourth-order valence-corrected chi connectivity index (χ4v) is 3.57. The van der Waals surface area contributed by atoms with Gasteiger partial charge in [-0.25, -0.2) is 0 Å². The molecule has 1 N–H and O–H groups in total. The first-order chi connectivity index (χ1) is 11.1. The number of anilines is 1. The third-order valence-electron chi connectivity index (χ3n) is 2.84. The molecular formula is C15H18ClN3O2S2. The molecule has 1 heterocycles. The second-order valence-electron chi connectivity index (χ2n) is 4.66. The van der Waals surface area contributed by atoms with Crippen molar-refractivity contribution in [3.05, 3.63) is 29.3 Å². The van der Waals surface area contributed by atoms with Crippen LogP contribution >= 0.6 is 34.7 Å². The summed E-state index contributed by atoms with van der Waals surface area (Å²) in [4.78, 5) is 12.3. The summed E-state index contributed by atoms with van der Waals surface area (Å²) in [6, 6.07) is 7.09. The maximum absolute atomic E-state index is 12.3. The molecule has 23 heavy (non-hydrogen) atoms. The number of ether oxygens (including phenoxy) is 1. The van der Waals surface area contributed by atoms with Crippen molar-refractivity contribution < 1.29 is 9.53 Å². The Kier molecular flexibility index (Phi) is 7.14. The summed E-state index contributed by atoms with van der Waals surface area (Å²) < 4.78 is 6.56. The van der Waals surface area contributed by atoms with Crippen LogP contribution in [-0.4, -0.2) is 28.0 Å². The molecule has 0 spiro atoms. The van der Waals surface area contributed by atoms with E-state index in [1.54, 1.807) is 23.9 Å². The summed E-state index contributed by atoms with van der Waals surface area (Å²) in [6.45, 7) is 3.98. The number of halogens is 1. The second-order valence-corrected chi connectivity index (χ2v) is 7.38. The molecule has 2 aromatic rings. The van der Waals surface area contributed by atoms with Gasteiger partial charge in [-0.05, 0) is 25.0 Å². The van der Waals surface area contributed by atoms with Gasteiger partial charge in [-0.2, -0.15) is 0 Å². The first-order valence-corrected chi connectivity index (χ1v) is 9.50. The topological polar surface area (TPSA) is 64.1 Å². The Bertz CT molecular complexity index is 651. The molecule has 0 aliphatic carbocycles. The number of aromatic nitrogens is 2. The van der Waals surface area contributed by atoms with Crippen molar-refractivity contribution in [3.63, 3.8) is 0 Å².